The number of anilines is 1. The van der Waals surface area contributed by atoms with Gasteiger partial charge in [0.1, 0.15) is 0 Å². The molecule has 1 atom stereocenters. The van der Waals surface area contributed by atoms with E-state index in [4.69, 9.17) is 0 Å². The van der Waals surface area contributed by atoms with Gasteiger partial charge in [0, 0.05) is 11.7 Å². The molecule has 0 spiro atoms. The van der Waals surface area contributed by atoms with E-state index in [1.54, 1.807) is 12.1 Å². The maximum atomic E-state index is 11.2. The van der Waals surface area contributed by atoms with E-state index in [1.807, 2.05) is 18.2 Å². The summed E-state index contributed by atoms with van der Waals surface area (Å²) < 4.78 is 24.8. The maximum absolute atomic E-state index is 11.2. The number of hydrogen-bond donors (Lipinski definition) is 2. The van der Waals surface area contributed by atoms with E-state index >= 15 is 0 Å². The minimum absolute atomic E-state index is 0.234. The second kappa shape index (κ2) is 8.13. The number of nitrogens with one attached hydrogen (secondary N) is 2. The maximum Gasteiger partial charge on any atom is 0.229 e. The number of hydrogen-bond acceptors (Lipinski definition) is 3. The van der Waals surface area contributed by atoms with E-state index in [2.05, 4.69) is 41.2 Å². The van der Waals surface area contributed by atoms with Gasteiger partial charge in [-0.3, -0.25) is 4.72 Å². The van der Waals surface area contributed by atoms with Crippen molar-refractivity contribution in [2.45, 2.75) is 25.8 Å². The third-order valence-electron chi connectivity index (χ3n) is 3.65. The van der Waals surface area contributed by atoms with Crippen LogP contribution >= 0.6 is 0 Å². The highest BCUT2D eigenvalue weighted by Gasteiger charge is 2.06. The average Bonchev–Trinajstić information content (AvgIpc) is 2.51. The fourth-order valence-corrected chi connectivity index (χ4v) is 2.99. The van der Waals surface area contributed by atoms with Crippen LogP contribution in [-0.4, -0.2) is 21.2 Å². The van der Waals surface area contributed by atoms with Crippen molar-refractivity contribution in [1.82, 2.24) is 5.32 Å². The zero-order valence-electron chi connectivity index (χ0n) is 13.6. The van der Waals surface area contributed by atoms with E-state index in [1.165, 1.54) is 5.56 Å². The molecule has 23 heavy (non-hydrogen) atoms. The molecule has 0 saturated heterocycles. The van der Waals surface area contributed by atoms with Crippen LogP contribution in [0, 0.1) is 0 Å². The Morgan fingerprint density at radius 1 is 1.00 bits per heavy atom. The van der Waals surface area contributed by atoms with Crippen molar-refractivity contribution < 1.29 is 8.42 Å². The van der Waals surface area contributed by atoms with E-state index in [9.17, 15) is 8.42 Å². The lowest BCUT2D eigenvalue weighted by Gasteiger charge is -2.15. The van der Waals surface area contributed by atoms with Crippen molar-refractivity contribution in [3.8, 4) is 0 Å². The minimum atomic E-state index is -3.22. The second-order valence-electron chi connectivity index (χ2n) is 5.76. The van der Waals surface area contributed by atoms with Crippen LogP contribution in [0.15, 0.2) is 54.6 Å². The van der Waals surface area contributed by atoms with Crippen LogP contribution < -0.4 is 10.0 Å². The SMILES string of the molecule is CC(NCCCc1ccccc1)c1ccc(NS(C)(=O)=O)cc1. The molecule has 0 radical (unpaired) electrons. The summed E-state index contributed by atoms with van der Waals surface area (Å²) in [5.74, 6) is 0. The Balaban J connectivity index is 1.78. The molecular formula is C18H24N2O2S. The summed E-state index contributed by atoms with van der Waals surface area (Å²) in [4.78, 5) is 0. The molecule has 0 aromatic heterocycles. The molecule has 2 N–H and O–H groups in total. The minimum Gasteiger partial charge on any atom is -0.310 e. The molecule has 0 amide bonds. The quantitative estimate of drug-likeness (QED) is 0.729. The van der Waals surface area contributed by atoms with Crippen molar-refractivity contribution in [3.63, 3.8) is 0 Å². The van der Waals surface area contributed by atoms with Gasteiger partial charge in [0.15, 0.2) is 0 Å². The Hall–Kier alpha value is -1.85. The first kappa shape index (κ1) is 17.5. The molecule has 0 saturated carbocycles. The third kappa shape index (κ3) is 6.42. The Kier molecular flexibility index (Phi) is 6.19. The van der Waals surface area contributed by atoms with Gasteiger partial charge in [-0.1, -0.05) is 42.5 Å². The Labute approximate surface area is 139 Å². The fourth-order valence-electron chi connectivity index (χ4n) is 2.43. The first-order valence-electron chi connectivity index (χ1n) is 7.79. The van der Waals surface area contributed by atoms with Crippen LogP contribution in [-0.2, 0) is 16.4 Å². The first-order chi connectivity index (χ1) is 10.9. The highest BCUT2D eigenvalue weighted by molar-refractivity contribution is 7.92. The fraction of sp³-hybridized carbons (Fsp3) is 0.333. The van der Waals surface area contributed by atoms with Gasteiger partial charge in [0.05, 0.1) is 6.26 Å². The van der Waals surface area contributed by atoms with Crippen LogP contribution in [0.1, 0.15) is 30.5 Å². The molecule has 124 valence electrons. The van der Waals surface area contributed by atoms with Crippen molar-refractivity contribution in [2.24, 2.45) is 0 Å². The Morgan fingerprint density at radius 3 is 2.26 bits per heavy atom. The van der Waals surface area contributed by atoms with Crippen LogP contribution in [0.2, 0.25) is 0 Å². The van der Waals surface area contributed by atoms with Crippen molar-refractivity contribution in [3.05, 3.63) is 65.7 Å². The third-order valence-corrected chi connectivity index (χ3v) is 4.26. The number of aryl methyl sites for hydroxylation is 1. The van der Waals surface area contributed by atoms with Gasteiger partial charge in [-0.25, -0.2) is 8.42 Å². The zero-order chi connectivity index (χ0) is 16.7. The number of rotatable bonds is 8. The van der Waals surface area contributed by atoms with Gasteiger partial charge in [-0.15, -0.1) is 0 Å². The van der Waals surface area contributed by atoms with Crippen molar-refractivity contribution in [1.29, 1.82) is 0 Å². The van der Waals surface area contributed by atoms with E-state index < -0.39 is 10.0 Å². The van der Waals surface area contributed by atoms with Gasteiger partial charge in [0.2, 0.25) is 10.0 Å². The molecule has 0 aliphatic rings. The summed E-state index contributed by atoms with van der Waals surface area (Å²) >= 11 is 0. The molecule has 2 rings (SSSR count). The van der Waals surface area contributed by atoms with Crippen molar-refractivity contribution >= 4 is 15.7 Å². The molecule has 2 aromatic rings. The van der Waals surface area contributed by atoms with Gasteiger partial charge in [-0.05, 0) is 49.6 Å². The molecule has 0 aliphatic heterocycles. The largest absolute Gasteiger partial charge is 0.310 e. The van der Waals surface area contributed by atoms with Gasteiger partial charge in [0.25, 0.3) is 0 Å². The summed E-state index contributed by atoms with van der Waals surface area (Å²) in [6.45, 7) is 3.06. The van der Waals surface area contributed by atoms with Crippen molar-refractivity contribution in [2.75, 3.05) is 17.5 Å². The molecule has 0 fully saturated rings. The Morgan fingerprint density at radius 2 is 1.65 bits per heavy atom. The van der Waals surface area contributed by atoms with Gasteiger partial charge < -0.3 is 5.32 Å². The summed E-state index contributed by atoms with van der Waals surface area (Å²) in [7, 11) is -3.22. The average molecular weight is 332 g/mol. The first-order valence-corrected chi connectivity index (χ1v) is 9.68. The predicted molar refractivity (Wildman–Crippen MR) is 96.1 cm³/mol. The van der Waals surface area contributed by atoms with Crippen LogP contribution in [0.5, 0.6) is 0 Å². The summed E-state index contributed by atoms with van der Waals surface area (Å²) in [6.07, 6.45) is 3.30. The molecular weight excluding hydrogens is 308 g/mol. The molecule has 0 bridgehead atoms. The second-order valence-corrected chi connectivity index (χ2v) is 7.51. The molecule has 4 nitrogen and oxygen atoms in total. The van der Waals surface area contributed by atoms with Gasteiger partial charge in [-0.2, -0.15) is 0 Å². The number of sulfonamides is 1. The molecule has 5 heteroatoms. The predicted octanol–water partition coefficient (Wildman–Crippen LogP) is 3.34. The number of benzene rings is 2. The monoisotopic (exact) mass is 332 g/mol. The standard InChI is InChI=1S/C18H24N2O2S/c1-15(19-14-6-9-16-7-4-3-5-8-16)17-10-12-18(13-11-17)20-23(2,21)22/h3-5,7-8,10-13,15,19-20H,6,9,14H2,1-2H3. The molecule has 2 aromatic carbocycles. The molecule has 0 heterocycles. The zero-order valence-corrected chi connectivity index (χ0v) is 14.4. The molecule has 1 unspecified atom stereocenters. The van der Waals surface area contributed by atoms with Crippen LogP contribution in [0.25, 0.3) is 0 Å². The summed E-state index contributed by atoms with van der Waals surface area (Å²) in [5, 5.41) is 3.50. The highest BCUT2D eigenvalue weighted by Crippen LogP contribution is 2.16. The Bertz CT molecular complexity index is 698. The lowest BCUT2D eigenvalue weighted by Crippen LogP contribution is -2.20. The van der Waals surface area contributed by atoms with Crippen LogP contribution in [0.4, 0.5) is 5.69 Å². The molecule has 0 aliphatic carbocycles. The van der Waals surface area contributed by atoms with E-state index in [0.29, 0.717) is 5.69 Å². The van der Waals surface area contributed by atoms with Gasteiger partial charge >= 0.3 is 0 Å². The highest BCUT2D eigenvalue weighted by atomic mass is 32.2. The lowest BCUT2D eigenvalue weighted by atomic mass is 10.1. The van der Waals surface area contributed by atoms with Crippen LogP contribution in [0.3, 0.4) is 0 Å². The summed E-state index contributed by atoms with van der Waals surface area (Å²) in [6, 6.07) is 18.2. The van der Waals surface area contributed by atoms with E-state index in [0.717, 1.165) is 31.2 Å². The normalized spacial score (nSPS) is 12.8. The smallest absolute Gasteiger partial charge is 0.229 e. The summed E-state index contributed by atoms with van der Waals surface area (Å²) in [5.41, 5.74) is 3.09. The lowest BCUT2D eigenvalue weighted by molar-refractivity contribution is 0.558. The topological polar surface area (TPSA) is 58.2 Å². The van der Waals surface area contributed by atoms with E-state index in [-0.39, 0.29) is 6.04 Å².